The maximum atomic E-state index is 13.7. The summed E-state index contributed by atoms with van der Waals surface area (Å²) in [6.45, 7) is 0. The van der Waals surface area contributed by atoms with Gasteiger partial charge in [0.05, 0.1) is 23.6 Å². The minimum atomic E-state index is -4.87. The monoisotopic (exact) mass is 416 g/mol. The maximum Gasteiger partial charge on any atom is 0.434 e. The summed E-state index contributed by atoms with van der Waals surface area (Å²) in [7, 11) is 0. The molecule has 152 valence electrons. The molecule has 0 aliphatic heterocycles. The van der Waals surface area contributed by atoms with Crippen molar-refractivity contribution in [2.75, 3.05) is 5.32 Å². The van der Waals surface area contributed by atoms with Crippen molar-refractivity contribution < 1.29 is 26.8 Å². The Labute approximate surface area is 166 Å². The number of hydrogen-bond acceptors (Lipinski definition) is 4. The highest BCUT2D eigenvalue weighted by Crippen LogP contribution is 2.34. The number of carbonyl (C=O) groups excluding carboxylic acids is 1. The van der Waals surface area contributed by atoms with Gasteiger partial charge in [0.15, 0.2) is 5.69 Å². The first kappa shape index (κ1) is 19.4. The van der Waals surface area contributed by atoms with Crippen LogP contribution in [0.2, 0.25) is 0 Å². The smallest absolute Gasteiger partial charge is 0.434 e. The Hall–Kier alpha value is -3.95. The molecule has 0 spiro atoms. The molecule has 30 heavy (non-hydrogen) atoms. The van der Waals surface area contributed by atoms with Gasteiger partial charge in [-0.2, -0.15) is 18.3 Å². The largest absolute Gasteiger partial charge is 0.445 e. The first-order valence-electron chi connectivity index (χ1n) is 8.55. The molecule has 1 amide bonds. The van der Waals surface area contributed by atoms with Crippen molar-refractivity contribution in [2.45, 2.75) is 6.18 Å². The van der Waals surface area contributed by atoms with Crippen molar-refractivity contribution in [3.05, 3.63) is 84.3 Å². The van der Waals surface area contributed by atoms with Crippen LogP contribution in [0.4, 0.5) is 23.2 Å². The number of rotatable bonds is 4. The summed E-state index contributed by atoms with van der Waals surface area (Å²) < 4.78 is 59.9. The molecule has 10 heteroatoms. The average Bonchev–Trinajstić information content (AvgIpc) is 3.39. The molecule has 4 rings (SSSR count). The molecule has 0 bridgehead atoms. The van der Waals surface area contributed by atoms with Crippen molar-refractivity contribution in [3.63, 3.8) is 0 Å². The first-order valence-corrected chi connectivity index (χ1v) is 8.55. The van der Waals surface area contributed by atoms with Gasteiger partial charge in [0, 0.05) is 11.3 Å². The van der Waals surface area contributed by atoms with E-state index >= 15 is 0 Å². The highest BCUT2D eigenvalue weighted by molar-refractivity contribution is 6.05. The molecule has 0 fully saturated rings. The number of alkyl halides is 3. The van der Waals surface area contributed by atoms with E-state index in [2.05, 4.69) is 15.4 Å². The zero-order valence-corrected chi connectivity index (χ0v) is 15.0. The number of carbonyl (C=O) groups is 1. The lowest BCUT2D eigenvalue weighted by Gasteiger charge is -2.13. The highest BCUT2D eigenvalue weighted by Gasteiger charge is 2.40. The summed E-state index contributed by atoms with van der Waals surface area (Å²) in [5.74, 6) is -1.22. The van der Waals surface area contributed by atoms with Gasteiger partial charge in [-0.3, -0.25) is 4.79 Å². The molecule has 0 saturated carbocycles. The van der Waals surface area contributed by atoms with Crippen LogP contribution in [-0.4, -0.2) is 20.7 Å². The van der Waals surface area contributed by atoms with Crippen LogP contribution in [0.15, 0.2) is 71.6 Å². The van der Waals surface area contributed by atoms with Gasteiger partial charge in [-0.15, -0.1) is 0 Å². The van der Waals surface area contributed by atoms with Gasteiger partial charge in [-0.05, 0) is 48.5 Å². The first-order chi connectivity index (χ1) is 14.3. The van der Waals surface area contributed by atoms with E-state index in [-0.39, 0.29) is 11.4 Å². The number of anilines is 1. The Morgan fingerprint density at radius 3 is 2.33 bits per heavy atom. The summed E-state index contributed by atoms with van der Waals surface area (Å²) in [6.07, 6.45) is -1.17. The highest BCUT2D eigenvalue weighted by atomic mass is 19.4. The fourth-order valence-corrected chi connectivity index (χ4v) is 2.83. The number of aromatic nitrogens is 3. The van der Waals surface area contributed by atoms with E-state index < -0.39 is 29.2 Å². The Balaban J connectivity index is 1.63. The Bertz CT molecular complexity index is 1170. The van der Waals surface area contributed by atoms with Gasteiger partial charge < -0.3 is 9.73 Å². The lowest BCUT2D eigenvalue weighted by atomic mass is 10.2. The third-order valence-corrected chi connectivity index (χ3v) is 4.18. The van der Waals surface area contributed by atoms with Crippen LogP contribution in [0.1, 0.15) is 16.1 Å². The molecule has 2 heterocycles. The van der Waals surface area contributed by atoms with Crippen LogP contribution >= 0.6 is 0 Å². The van der Waals surface area contributed by atoms with Crippen molar-refractivity contribution in [1.29, 1.82) is 0 Å². The van der Waals surface area contributed by atoms with Gasteiger partial charge in [0.25, 0.3) is 5.91 Å². The summed E-state index contributed by atoms with van der Waals surface area (Å²) >= 11 is 0. The zero-order chi connectivity index (χ0) is 21.3. The van der Waals surface area contributed by atoms with Crippen LogP contribution in [0.25, 0.3) is 17.1 Å². The zero-order valence-electron chi connectivity index (χ0n) is 15.0. The molecule has 0 aliphatic rings. The van der Waals surface area contributed by atoms with Gasteiger partial charge in [0.1, 0.15) is 12.1 Å². The van der Waals surface area contributed by atoms with Crippen molar-refractivity contribution in [3.8, 4) is 17.1 Å². The molecule has 0 radical (unpaired) electrons. The number of benzene rings is 2. The molecule has 2 aromatic carbocycles. The van der Waals surface area contributed by atoms with Gasteiger partial charge in [-0.25, -0.2) is 14.1 Å². The predicted molar refractivity (Wildman–Crippen MR) is 98.4 cm³/mol. The Morgan fingerprint density at radius 2 is 1.73 bits per heavy atom. The molecule has 6 nitrogen and oxygen atoms in total. The summed E-state index contributed by atoms with van der Waals surface area (Å²) in [5.41, 5.74) is -1.04. The fourth-order valence-electron chi connectivity index (χ4n) is 2.83. The second-order valence-corrected chi connectivity index (χ2v) is 6.16. The van der Waals surface area contributed by atoms with Gasteiger partial charge >= 0.3 is 6.18 Å². The fraction of sp³-hybridized carbons (Fsp3) is 0.0500. The van der Waals surface area contributed by atoms with E-state index in [1.807, 2.05) is 0 Å². The molecular weight excluding hydrogens is 404 g/mol. The molecule has 1 N–H and O–H groups in total. The Morgan fingerprint density at radius 1 is 1.03 bits per heavy atom. The third kappa shape index (κ3) is 3.79. The van der Waals surface area contributed by atoms with Gasteiger partial charge in [0.2, 0.25) is 5.89 Å². The van der Waals surface area contributed by atoms with E-state index in [0.29, 0.717) is 16.1 Å². The number of nitrogens with zero attached hydrogens (tertiary/aromatic N) is 3. The van der Waals surface area contributed by atoms with Crippen LogP contribution in [-0.2, 0) is 6.18 Å². The lowest BCUT2D eigenvalue weighted by molar-refractivity contribution is -0.143. The number of hydrogen-bond donors (Lipinski definition) is 1. The van der Waals surface area contributed by atoms with Crippen LogP contribution < -0.4 is 5.32 Å². The molecule has 0 atom stereocenters. The minimum absolute atomic E-state index is 0.0296. The number of nitrogens with one attached hydrogen (secondary N) is 1. The number of oxazole rings is 1. The summed E-state index contributed by atoms with van der Waals surface area (Å²) in [6, 6.07) is 10.5. The van der Waals surface area contributed by atoms with E-state index in [1.54, 1.807) is 12.1 Å². The normalized spacial score (nSPS) is 11.5. The maximum absolute atomic E-state index is 13.7. The minimum Gasteiger partial charge on any atom is -0.445 e. The van der Waals surface area contributed by atoms with Crippen molar-refractivity contribution in [1.82, 2.24) is 14.8 Å². The molecular formula is C20H12F4N4O2. The molecule has 0 aliphatic carbocycles. The van der Waals surface area contributed by atoms with E-state index in [0.717, 1.165) is 30.5 Å². The van der Waals surface area contributed by atoms with Gasteiger partial charge in [-0.1, -0.05) is 0 Å². The SMILES string of the molecule is O=C(Nc1ccc(-c2ncco2)cc1)c1cnn(-c2ccc(F)cc2)c1C(F)(F)F. The number of amides is 1. The Kier molecular flexibility index (Phi) is 4.82. The van der Waals surface area contributed by atoms with Crippen LogP contribution in [0.3, 0.4) is 0 Å². The second-order valence-electron chi connectivity index (χ2n) is 6.16. The molecule has 4 aromatic rings. The van der Waals surface area contributed by atoms with E-state index in [9.17, 15) is 22.4 Å². The molecule has 2 aromatic heterocycles. The summed E-state index contributed by atoms with van der Waals surface area (Å²) in [4.78, 5) is 16.5. The van der Waals surface area contributed by atoms with E-state index in [1.165, 1.54) is 24.6 Å². The second kappa shape index (κ2) is 7.47. The van der Waals surface area contributed by atoms with Crippen molar-refractivity contribution >= 4 is 11.6 Å². The molecule has 0 unspecified atom stereocenters. The summed E-state index contributed by atoms with van der Waals surface area (Å²) in [5, 5.41) is 6.10. The van der Waals surface area contributed by atoms with Crippen LogP contribution in [0.5, 0.6) is 0 Å². The van der Waals surface area contributed by atoms with Crippen LogP contribution in [0, 0.1) is 5.82 Å². The lowest BCUT2D eigenvalue weighted by Crippen LogP contribution is -2.20. The van der Waals surface area contributed by atoms with Crippen molar-refractivity contribution in [2.24, 2.45) is 0 Å². The standard InChI is InChI=1S/C20H12F4N4O2/c21-13-3-7-15(8-4-13)28-17(20(22,23)24)16(11-26-28)18(29)27-14-5-1-12(2-6-14)19-25-9-10-30-19/h1-11H,(H,27,29). The number of halogens is 4. The molecule has 0 saturated heterocycles. The topological polar surface area (TPSA) is 73.0 Å². The third-order valence-electron chi connectivity index (χ3n) is 4.18. The average molecular weight is 416 g/mol. The quantitative estimate of drug-likeness (QED) is 0.479. The predicted octanol–water partition coefficient (Wildman–Crippen LogP) is 4.94. The van der Waals surface area contributed by atoms with E-state index in [4.69, 9.17) is 4.42 Å².